The molecule has 0 saturated carbocycles. The molecule has 3 heterocycles. The number of amides is 1. The fraction of sp³-hybridized carbons (Fsp3) is 0.182. The highest BCUT2D eigenvalue weighted by Crippen LogP contribution is 2.27. The summed E-state index contributed by atoms with van der Waals surface area (Å²) in [6.07, 6.45) is 9.06. The third-order valence-electron chi connectivity index (χ3n) is 2.89. The van der Waals surface area contributed by atoms with Crippen molar-refractivity contribution in [3.05, 3.63) is 36.3 Å². The molecule has 0 aromatic carbocycles. The maximum absolute atomic E-state index is 10.9. The van der Waals surface area contributed by atoms with E-state index in [1.54, 1.807) is 34.3 Å². The molecule has 0 radical (unpaired) electrons. The fourth-order valence-electron chi connectivity index (χ4n) is 1.90. The second-order valence-corrected chi connectivity index (χ2v) is 3.91. The molecular formula is C11H10N6O. The van der Waals surface area contributed by atoms with Gasteiger partial charge in [0.05, 0.1) is 24.1 Å². The van der Waals surface area contributed by atoms with Crippen molar-refractivity contribution in [2.45, 2.75) is 13.0 Å². The van der Waals surface area contributed by atoms with Gasteiger partial charge in [0.15, 0.2) is 0 Å². The lowest BCUT2D eigenvalue weighted by molar-refractivity contribution is -0.117. The van der Waals surface area contributed by atoms with Gasteiger partial charge in [-0.1, -0.05) is 5.21 Å². The van der Waals surface area contributed by atoms with Crippen LogP contribution in [0.1, 0.15) is 24.4 Å². The van der Waals surface area contributed by atoms with Crippen molar-refractivity contribution < 1.29 is 4.79 Å². The third-order valence-corrected chi connectivity index (χ3v) is 2.89. The van der Waals surface area contributed by atoms with E-state index in [-0.39, 0.29) is 6.04 Å². The Kier molecular flexibility index (Phi) is 2.36. The molecule has 18 heavy (non-hydrogen) atoms. The first-order chi connectivity index (χ1) is 8.81. The zero-order valence-electron chi connectivity index (χ0n) is 9.63. The Morgan fingerprint density at radius 2 is 2.11 bits per heavy atom. The predicted molar refractivity (Wildman–Crippen MR) is 62.3 cm³/mol. The lowest BCUT2D eigenvalue weighted by Crippen LogP contribution is -2.23. The number of fused-ring (bicyclic) bond motifs is 1. The Bertz CT molecular complexity index is 605. The summed E-state index contributed by atoms with van der Waals surface area (Å²) in [6.45, 7) is 1.90. The highest BCUT2D eigenvalue weighted by molar-refractivity contribution is 5.61. The molecule has 3 rings (SSSR count). The van der Waals surface area contributed by atoms with Gasteiger partial charge in [0.2, 0.25) is 6.41 Å². The first-order valence-electron chi connectivity index (χ1n) is 5.43. The van der Waals surface area contributed by atoms with Crippen LogP contribution >= 0.6 is 0 Å². The maximum Gasteiger partial charge on any atom is 0.214 e. The Hall–Kier alpha value is -2.57. The van der Waals surface area contributed by atoms with Crippen LogP contribution in [0.5, 0.6) is 0 Å². The predicted octanol–water partition coefficient (Wildman–Crippen LogP) is 0.561. The fourth-order valence-corrected chi connectivity index (χ4v) is 1.90. The van der Waals surface area contributed by atoms with Gasteiger partial charge in [-0.3, -0.25) is 4.79 Å². The zero-order valence-corrected chi connectivity index (χ0v) is 9.63. The van der Waals surface area contributed by atoms with E-state index < -0.39 is 0 Å². The van der Waals surface area contributed by atoms with Crippen molar-refractivity contribution in [2.75, 3.05) is 0 Å². The number of hydrogen-bond donors (Lipinski definition) is 0. The number of nitrogens with zero attached hydrogens (tertiary/aromatic N) is 6. The van der Waals surface area contributed by atoms with Crippen LogP contribution in [0.4, 0.5) is 0 Å². The van der Waals surface area contributed by atoms with E-state index in [0.717, 1.165) is 23.5 Å². The molecule has 0 N–H and O–H groups in total. The van der Waals surface area contributed by atoms with Crippen LogP contribution in [0, 0.1) is 0 Å². The normalized spacial score (nSPS) is 17.6. The molecule has 0 fully saturated rings. The lowest BCUT2D eigenvalue weighted by Gasteiger charge is -2.23. The third kappa shape index (κ3) is 1.48. The quantitative estimate of drug-likeness (QED) is 0.719. The van der Waals surface area contributed by atoms with Crippen LogP contribution in [0.2, 0.25) is 0 Å². The van der Waals surface area contributed by atoms with E-state index in [9.17, 15) is 4.79 Å². The Labute approximate surface area is 103 Å². The molecule has 0 saturated heterocycles. The molecule has 1 amide bonds. The summed E-state index contributed by atoms with van der Waals surface area (Å²) in [6, 6.07) is -0.124. The summed E-state index contributed by atoms with van der Waals surface area (Å²) < 4.78 is 1.66. The van der Waals surface area contributed by atoms with Crippen LogP contribution in [0.3, 0.4) is 0 Å². The van der Waals surface area contributed by atoms with E-state index in [2.05, 4.69) is 20.3 Å². The molecule has 2 aromatic heterocycles. The number of aromatic nitrogens is 5. The van der Waals surface area contributed by atoms with Gasteiger partial charge in [-0.05, 0) is 13.0 Å². The number of carbonyl (C=O) groups is 1. The summed E-state index contributed by atoms with van der Waals surface area (Å²) in [4.78, 5) is 20.3. The van der Waals surface area contributed by atoms with Crippen molar-refractivity contribution in [3.63, 3.8) is 0 Å². The highest BCUT2D eigenvalue weighted by atomic mass is 16.1. The van der Waals surface area contributed by atoms with Crippen molar-refractivity contribution in [2.24, 2.45) is 0 Å². The van der Waals surface area contributed by atoms with Gasteiger partial charge in [-0.2, -0.15) is 0 Å². The molecule has 1 atom stereocenters. The zero-order chi connectivity index (χ0) is 12.5. The molecule has 0 spiro atoms. The van der Waals surface area contributed by atoms with Gasteiger partial charge >= 0.3 is 0 Å². The SMILES string of the molecule is CC1c2nnn(-c3cncnc3)c2C=CN1C=O. The molecule has 7 heteroatoms. The summed E-state index contributed by atoms with van der Waals surface area (Å²) in [5.41, 5.74) is 2.34. The van der Waals surface area contributed by atoms with E-state index in [4.69, 9.17) is 0 Å². The average molecular weight is 242 g/mol. The van der Waals surface area contributed by atoms with Crippen LogP contribution in [0.25, 0.3) is 11.8 Å². The molecule has 0 bridgehead atoms. The van der Waals surface area contributed by atoms with Gasteiger partial charge in [0.25, 0.3) is 0 Å². The summed E-state index contributed by atoms with van der Waals surface area (Å²) in [7, 11) is 0. The smallest absolute Gasteiger partial charge is 0.214 e. The van der Waals surface area contributed by atoms with Crippen molar-refractivity contribution in [1.29, 1.82) is 0 Å². The second-order valence-electron chi connectivity index (χ2n) is 3.91. The minimum absolute atomic E-state index is 0.124. The van der Waals surface area contributed by atoms with Crippen LogP contribution < -0.4 is 0 Å². The Morgan fingerprint density at radius 1 is 1.33 bits per heavy atom. The molecule has 7 nitrogen and oxygen atoms in total. The van der Waals surface area contributed by atoms with Crippen molar-refractivity contribution in [1.82, 2.24) is 29.9 Å². The second kappa shape index (κ2) is 4.02. The first-order valence-corrected chi connectivity index (χ1v) is 5.43. The molecule has 1 aliphatic rings. The van der Waals surface area contributed by atoms with Gasteiger partial charge in [0.1, 0.15) is 17.7 Å². The minimum Gasteiger partial charge on any atom is -0.313 e. The molecular weight excluding hydrogens is 232 g/mol. The summed E-state index contributed by atoms with van der Waals surface area (Å²) in [5.74, 6) is 0. The average Bonchev–Trinajstić information content (AvgIpc) is 2.85. The molecule has 2 aromatic rings. The molecule has 1 unspecified atom stereocenters. The maximum atomic E-state index is 10.9. The Morgan fingerprint density at radius 3 is 2.83 bits per heavy atom. The summed E-state index contributed by atoms with van der Waals surface area (Å²) >= 11 is 0. The van der Waals surface area contributed by atoms with Crippen LogP contribution in [0.15, 0.2) is 24.9 Å². The number of hydrogen-bond acceptors (Lipinski definition) is 5. The monoisotopic (exact) mass is 242 g/mol. The van der Waals surface area contributed by atoms with Crippen LogP contribution in [-0.2, 0) is 4.79 Å². The first kappa shape index (κ1) is 10.6. The number of rotatable bonds is 2. The Balaban J connectivity index is 2.10. The van der Waals surface area contributed by atoms with Gasteiger partial charge < -0.3 is 4.90 Å². The highest BCUT2D eigenvalue weighted by Gasteiger charge is 2.25. The standard InChI is InChI=1S/C11H10N6O/c1-8-11-10(2-3-16(8)7-18)17(15-14-11)9-4-12-6-13-5-9/h2-8H,1H3. The van der Waals surface area contributed by atoms with E-state index in [1.165, 1.54) is 6.33 Å². The molecule has 1 aliphatic heterocycles. The summed E-state index contributed by atoms with van der Waals surface area (Å²) in [5, 5.41) is 8.20. The largest absolute Gasteiger partial charge is 0.313 e. The van der Waals surface area contributed by atoms with E-state index in [0.29, 0.717) is 0 Å². The van der Waals surface area contributed by atoms with Gasteiger partial charge in [0, 0.05) is 6.20 Å². The van der Waals surface area contributed by atoms with Crippen molar-refractivity contribution >= 4 is 12.5 Å². The van der Waals surface area contributed by atoms with E-state index >= 15 is 0 Å². The minimum atomic E-state index is -0.124. The van der Waals surface area contributed by atoms with Crippen molar-refractivity contribution in [3.8, 4) is 5.69 Å². The molecule has 0 aliphatic carbocycles. The van der Waals surface area contributed by atoms with Gasteiger partial charge in [-0.15, -0.1) is 5.10 Å². The van der Waals surface area contributed by atoms with Gasteiger partial charge in [-0.25, -0.2) is 14.6 Å². The topological polar surface area (TPSA) is 76.8 Å². The molecule has 90 valence electrons. The van der Waals surface area contributed by atoms with Crippen LogP contribution in [-0.4, -0.2) is 36.3 Å². The lowest BCUT2D eigenvalue weighted by atomic mass is 10.1. The van der Waals surface area contributed by atoms with E-state index in [1.807, 2.05) is 6.92 Å². The number of carbonyl (C=O) groups excluding carboxylic acids is 1.